The lowest BCUT2D eigenvalue weighted by Gasteiger charge is -1.95. The zero-order chi connectivity index (χ0) is 17.0. The van der Waals surface area contributed by atoms with Crippen molar-refractivity contribution in [2.45, 2.75) is 58.3 Å². The molecule has 0 aromatic carbocycles. The van der Waals surface area contributed by atoms with Gasteiger partial charge in [-0.1, -0.05) is 67.7 Å². The van der Waals surface area contributed by atoms with Crippen LogP contribution in [-0.4, -0.2) is 13.1 Å². The standard InChI is InChI=1S/C21H32O2/c1-3-4-5-6-7-8-9-10-11-12-13-14-15-16-17-18-19-20-21(22)23-2/h4-5,7-8,10-11,13-14,16-17H,3,6,9,12,15,18-20H2,1-2H3/b5-4+,8-7-,11-10-,14-13-,17-16-/i4+2. The Bertz CT molecular complexity index is 412. The Morgan fingerprint density at radius 3 is 1.91 bits per heavy atom. The average Bonchev–Trinajstić information content (AvgIpc) is 2.57. The van der Waals surface area contributed by atoms with Crippen LogP contribution in [0.15, 0.2) is 60.8 Å². The van der Waals surface area contributed by atoms with Crippen molar-refractivity contribution in [2.24, 2.45) is 0 Å². The Hall–Kier alpha value is -1.83. The van der Waals surface area contributed by atoms with Gasteiger partial charge in [0.2, 0.25) is 0 Å². The van der Waals surface area contributed by atoms with Crippen LogP contribution in [0.25, 0.3) is 0 Å². The molecule has 0 N–H and O–H groups in total. The summed E-state index contributed by atoms with van der Waals surface area (Å²) in [7, 11) is 1.43. The van der Waals surface area contributed by atoms with Gasteiger partial charge in [-0.2, -0.15) is 0 Å². The summed E-state index contributed by atoms with van der Waals surface area (Å²) in [4.78, 5) is 10.9. The van der Waals surface area contributed by atoms with Crippen molar-refractivity contribution >= 4 is 5.97 Å². The van der Waals surface area contributed by atoms with Crippen LogP contribution in [0.5, 0.6) is 0 Å². The monoisotopic (exact) mass is 318 g/mol. The number of ether oxygens (including phenoxy) is 1. The van der Waals surface area contributed by atoms with Gasteiger partial charge < -0.3 is 4.74 Å². The van der Waals surface area contributed by atoms with E-state index in [0.29, 0.717) is 6.42 Å². The quantitative estimate of drug-likeness (QED) is 0.234. The largest absolute Gasteiger partial charge is 0.469 e. The van der Waals surface area contributed by atoms with E-state index in [2.05, 4.69) is 72.4 Å². The van der Waals surface area contributed by atoms with E-state index in [4.69, 9.17) is 0 Å². The number of carbonyl (C=O) groups excluding carboxylic acids is 1. The number of esters is 1. The van der Waals surface area contributed by atoms with Crippen molar-refractivity contribution in [3.8, 4) is 0 Å². The molecule has 2 nitrogen and oxygen atoms in total. The molecule has 23 heavy (non-hydrogen) atoms. The van der Waals surface area contributed by atoms with Crippen LogP contribution in [0, 0.1) is 0 Å². The molecular weight excluding hydrogens is 286 g/mol. The van der Waals surface area contributed by atoms with Crippen LogP contribution in [-0.2, 0) is 9.53 Å². The second kappa shape index (κ2) is 18.2. The predicted molar refractivity (Wildman–Crippen MR) is 100 cm³/mol. The maximum atomic E-state index is 10.9. The molecule has 0 aliphatic rings. The number of methoxy groups -OCH3 is 1. The minimum absolute atomic E-state index is 0.127. The number of hydrogen-bond acceptors (Lipinski definition) is 2. The topological polar surface area (TPSA) is 26.3 Å². The highest BCUT2D eigenvalue weighted by Gasteiger charge is 1.96. The first-order valence-corrected chi connectivity index (χ1v) is 8.63. The van der Waals surface area contributed by atoms with Crippen molar-refractivity contribution in [3.63, 3.8) is 0 Å². The Labute approximate surface area is 142 Å². The van der Waals surface area contributed by atoms with Gasteiger partial charge >= 0.3 is 5.97 Å². The van der Waals surface area contributed by atoms with Crippen molar-refractivity contribution in [1.29, 1.82) is 0 Å². The van der Waals surface area contributed by atoms with Crippen LogP contribution in [0.2, 0.25) is 0 Å². The lowest BCUT2D eigenvalue weighted by atomic mass is 10.2. The Morgan fingerprint density at radius 2 is 1.39 bits per heavy atom. The van der Waals surface area contributed by atoms with Crippen LogP contribution in [0.1, 0.15) is 58.3 Å². The van der Waals surface area contributed by atoms with Gasteiger partial charge in [0.25, 0.3) is 0 Å². The highest BCUT2D eigenvalue weighted by molar-refractivity contribution is 5.69. The molecule has 0 aromatic heterocycles. The zero-order valence-electron chi connectivity index (χ0n) is 14.7. The van der Waals surface area contributed by atoms with E-state index in [1.807, 2.05) is 0 Å². The third-order valence-electron chi connectivity index (χ3n) is 3.14. The number of unbranched alkanes of at least 4 members (excludes halogenated alkanes) is 1. The molecule has 0 bridgehead atoms. The summed E-state index contributed by atoms with van der Waals surface area (Å²) in [5.74, 6) is -0.127. The predicted octanol–water partition coefficient (Wildman–Crippen LogP) is 6.08. The number of allylic oxidation sites excluding steroid dienone is 10. The fourth-order valence-electron chi connectivity index (χ4n) is 1.83. The van der Waals surface area contributed by atoms with Crippen LogP contribution in [0.4, 0.5) is 0 Å². The Kier molecular flexibility index (Phi) is 16.8. The normalized spacial score (nSPS) is 12.6. The molecule has 128 valence electrons. The smallest absolute Gasteiger partial charge is 0.305 e. The van der Waals surface area contributed by atoms with E-state index in [1.165, 1.54) is 7.11 Å². The first kappa shape index (κ1) is 21.2. The summed E-state index contributed by atoms with van der Waals surface area (Å²) >= 11 is 0. The fraction of sp³-hybridized carbons (Fsp3) is 0.476. The summed E-state index contributed by atoms with van der Waals surface area (Å²) in [5, 5.41) is 0. The molecule has 0 atom stereocenters. The molecule has 0 amide bonds. The summed E-state index contributed by atoms with van der Waals surface area (Å²) in [6.07, 6.45) is 29.2. The van der Waals surface area contributed by atoms with E-state index in [0.717, 1.165) is 44.9 Å². The molecule has 0 aliphatic heterocycles. The van der Waals surface area contributed by atoms with E-state index in [-0.39, 0.29) is 5.97 Å². The average molecular weight is 318 g/mol. The summed E-state index contributed by atoms with van der Waals surface area (Å²) in [6, 6.07) is 0. The summed E-state index contributed by atoms with van der Waals surface area (Å²) in [5.41, 5.74) is 0. The lowest BCUT2D eigenvalue weighted by Crippen LogP contribution is -1.98. The molecule has 0 aliphatic carbocycles. The highest BCUT2D eigenvalue weighted by Crippen LogP contribution is 2.00. The van der Waals surface area contributed by atoms with Crippen molar-refractivity contribution in [1.82, 2.24) is 0 Å². The highest BCUT2D eigenvalue weighted by atomic mass is 16.5. The second-order valence-electron chi connectivity index (χ2n) is 5.18. The molecular formula is C21H32O2. The third kappa shape index (κ3) is 18.1. The van der Waals surface area contributed by atoms with E-state index >= 15 is 0 Å². The maximum Gasteiger partial charge on any atom is 0.305 e. The first-order valence-electron chi connectivity index (χ1n) is 8.63. The molecule has 0 saturated carbocycles. The Balaban J connectivity index is 3.47. The number of carbonyl (C=O) groups is 1. The number of rotatable bonds is 13. The van der Waals surface area contributed by atoms with Gasteiger partial charge in [-0.3, -0.25) is 4.79 Å². The van der Waals surface area contributed by atoms with Gasteiger partial charge in [-0.25, -0.2) is 0 Å². The van der Waals surface area contributed by atoms with Crippen molar-refractivity contribution in [2.75, 3.05) is 7.11 Å². The molecule has 0 unspecified atom stereocenters. The van der Waals surface area contributed by atoms with Gasteiger partial charge in [0.1, 0.15) is 0 Å². The van der Waals surface area contributed by atoms with E-state index < -0.39 is 0 Å². The second-order valence-corrected chi connectivity index (χ2v) is 5.18. The van der Waals surface area contributed by atoms with Gasteiger partial charge in [0, 0.05) is 6.42 Å². The molecule has 0 rings (SSSR count). The van der Waals surface area contributed by atoms with Gasteiger partial charge in [0.05, 0.1) is 7.11 Å². The molecule has 0 fully saturated rings. The molecule has 0 radical (unpaired) electrons. The van der Waals surface area contributed by atoms with Crippen LogP contribution in [0.3, 0.4) is 0 Å². The molecule has 2 heteroatoms. The first-order chi connectivity index (χ1) is 11.3. The zero-order valence-corrected chi connectivity index (χ0v) is 14.7. The summed E-state index contributed by atoms with van der Waals surface area (Å²) < 4.78 is 4.59. The minimum atomic E-state index is -0.127. The fourth-order valence-corrected chi connectivity index (χ4v) is 1.83. The number of hydrogen-bond donors (Lipinski definition) is 0. The van der Waals surface area contributed by atoms with Gasteiger partial charge in [-0.05, 0) is 44.9 Å². The van der Waals surface area contributed by atoms with E-state index in [1.54, 1.807) is 0 Å². The van der Waals surface area contributed by atoms with Crippen molar-refractivity contribution in [3.05, 3.63) is 60.8 Å². The SMILES string of the molecule is CC/[14CH]=C/C/C=C\C/C=C\C/C=C\C/C=C\CCCC(=O)OC. The molecule has 0 heterocycles. The van der Waals surface area contributed by atoms with Crippen molar-refractivity contribution < 1.29 is 9.53 Å². The lowest BCUT2D eigenvalue weighted by molar-refractivity contribution is -0.140. The molecule has 0 aromatic rings. The van der Waals surface area contributed by atoms with Crippen LogP contribution >= 0.6 is 0 Å². The minimum Gasteiger partial charge on any atom is -0.469 e. The molecule has 0 saturated heterocycles. The maximum absolute atomic E-state index is 10.9. The van der Waals surface area contributed by atoms with Gasteiger partial charge in [-0.15, -0.1) is 0 Å². The Morgan fingerprint density at radius 1 is 0.870 bits per heavy atom. The third-order valence-corrected chi connectivity index (χ3v) is 3.14. The molecule has 0 spiro atoms. The van der Waals surface area contributed by atoms with Gasteiger partial charge in [0.15, 0.2) is 0 Å². The van der Waals surface area contributed by atoms with E-state index in [9.17, 15) is 4.79 Å². The van der Waals surface area contributed by atoms with Crippen LogP contribution < -0.4 is 0 Å². The summed E-state index contributed by atoms with van der Waals surface area (Å²) in [6.45, 7) is 2.15.